The quantitative estimate of drug-likeness (QED) is 0.0320. The third kappa shape index (κ3) is 63.1. The SMILES string of the molecule is CCCCC/C=C\C/C=C\CCCCCCCCCC(=O)OCCCCCCCCCCCCCC/C=C\CCCCCCCCCCCCCCCCCC(=O)NC(CO)C(O)CCCCCCCCCCCCCC. The van der Waals surface area contributed by atoms with E-state index in [0.717, 1.165) is 51.4 Å². The van der Waals surface area contributed by atoms with Gasteiger partial charge in [0.25, 0.3) is 0 Å². The van der Waals surface area contributed by atoms with E-state index in [2.05, 4.69) is 55.6 Å². The van der Waals surface area contributed by atoms with Crippen molar-refractivity contribution in [3.05, 3.63) is 36.5 Å². The Balaban J connectivity index is 3.34. The Morgan fingerprint density at radius 3 is 1.03 bits per heavy atom. The van der Waals surface area contributed by atoms with Gasteiger partial charge in [0.05, 0.1) is 25.4 Å². The number of unbranched alkanes of at least 4 members (excludes halogenated alkanes) is 48. The molecule has 0 aromatic carbocycles. The zero-order valence-corrected chi connectivity index (χ0v) is 52.0. The molecule has 77 heavy (non-hydrogen) atoms. The number of nitrogens with one attached hydrogen (secondary N) is 1. The minimum atomic E-state index is -0.662. The standard InChI is InChI=1S/C71H135NO5/c1-3-5-7-9-11-13-15-17-18-34-38-41-45-49-53-57-61-65-71(76)77-66-62-58-54-50-46-42-39-36-33-31-29-27-25-23-21-19-20-22-24-26-28-30-32-35-37-40-44-48-52-56-60-64-70(75)72-68(67-73)69(74)63-59-55-51-47-43-16-14-12-10-8-6-4-2/h11,13,17-18,21,23,68-69,73-74H,3-10,12,14-16,19-20,22,24-67H2,1-2H3,(H,72,75)/b13-11-,18-17-,23-21-. The van der Waals surface area contributed by atoms with Crippen LogP contribution in [0.15, 0.2) is 36.5 Å². The summed E-state index contributed by atoms with van der Waals surface area (Å²) >= 11 is 0. The number of hydrogen-bond donors (Lipinski definition) is 3. The van der Waals surface area contributed by atoms with Crippen molar-refractivity contribution in [1.29, 1.82) is 0 Å². The van der Waals surface area contributed by atoms with E-state index < -0.39 is 12.1 Å². The number of ether oxygens (including phenoxy) is 1. The molecule has 0 saturated carbocycles. The first kappa shape index (κ1) is 75.1. The van der Waals surface area contributed by atoms with Gasteiger partial charge < -0.3 is 20.3 Å². The molecule has 0 aliphatic rings. The van der Waals surface area contributed by atoms with Crippen LogP contribution < -0.4 is 5.32 Å². The monoisotopic (exact) mass is 1080 g/mol. The molecule has 6 nitrogen and oxygen atoms in total. The number of esters is 1. The minimum Gasteiger partial charge on any atom is -0.466 e. The molecule has 0 spiro atoms. The summed E-state index contributed by atoms with van der Waals surface area (Å²) in [6.45, 7) is 4.94. The van der Waals surface area contributed by atoms with Gasteiger partial charge in [-0.05, 0) is 83.5 Å². The molecule has 2 unspecified atom stereocenters. The normalized spacial score (nSPS) is 12.7. The molecule has 0 rings (SSSR count). The number of hydrogen-bond acceptors (Lipinski definition) is 5. The molecule has 0 aliphatic carbocycles. The Morgan fingerprint density at radius 2 is 0.649 bits per heavy atom. The molecule has 0 aromatic rings. The summed E-state index contributed by atoms with van der Waals surface area (Å²) in [5.41, 5.74) is 0. The fraction of sp³-hybridized carbons (Fsp3) is 0.887. The molecular weight excluding hydrogens is 947 g/mol. The summed E-state index contributed by atoms with van der Waals surface area (Å²) in [6, 6.07) is -0.539. The molecule has 3 N–H and O–H groups in total. The molecule has 454 valence electrons. The smallest absolute Gasteiger partial charge is 0.305 e. The molecule has 0 aromatic heterocycles. The van der Waals surface area contributed by atoms with E-state index in [1.54, 1.807) is 0 Å². The first-order chi connectivity index (χ1) is 38.0. The number of carbonyl (C=O) groups excluding carboxylic acids is 2. The van der Waals surface area contributed by atoms with Gasteiger partial charge in [-0.2, -0.15) is 0 Å². The highest BCUT2D eigenvalue weighted by Gasteiger charge is 2.20. The summed E-state index contributed by atoms with van der Waals surface area (Å²) in [4.78, 5) is 24.6. The molecule has 1 amide bonds. The average Bonchev–Trinajstić information content (AvgIpc) is 3.43. The summed E-state index contributed by atoms with van der Waals surface area (Å²) in [7, 11) is 0. The van der Waals surface area contributed by atoms with E-state index in [1.807, 2.05) is 0 Å². The molecular formula is C71H135NO5. The van der Waals surface area contributed by atoms with Crippen molar-refractivity contribution < 1.29 is 24.5 Å². The van der Waals surface area contributed by atoms with Crippen LogP contribution in [0.4, 0.5) is 0 Å². The second-order valence-electron chi connectivity index (χ2n) is 23.9. The first-order valence-corrected chi connectivity index (χ1v) is 34.7. The number of aliphatic hydroxyl groups excluding tert-OH is 2. The van der Waals surface area contributed by atoms with Crippen LogP contribution in [0.2, 0.25) is 0 Å². The lowest BCUT2D eigenvalue weighted by molar-refractivity contribution is -0.143. The van der Waals surface area contributed by atoms with Crippen molar-refractivity contribution in [1.82, 2.24) is 5.32 Å². The second-order valence-corrected chi connectivity index (χ2v) is 23.9. The zero-order valence-electron chi connectivity index (χ0n) is 52.0. The molecule has 6 heteroatoms. The Bertz CT molecular complexity index is 1250. The van der Waals surface area contributed by atoms with Gasteiger partial charge in [-0.3, -0.25) is 9.59 Å². The van der Waals surface area contributed by atoms with Crippen molar-refractivity contribution in [3.8, 4) is 0 Å². The van der Waals surface area contributed by atoms with Crippen LogP contribution in [0, 0.1) is 0 Å². The van der Waals surface area contributed by atoms with E-state index in [4.69, 9.17) is 4.74 Å². The lowest BCUT2D eigenvalue weighted by atomic mass is 10.0. The Labute approximate surface area is 481 Å². The van der Waals surface area contributed by atoms with Gasteiger partial charge in [0, 0.05) is 12.8 Å². The average molecular weight is 1080 g/mol. The molecule has 0 saturated heterocycles. The maximum atomic E-state index is 12.5. The Hall–Kier alpha value is -1.92. The van der Waals surface area contributed by atoms with Crippen molar-refractivity contribution >= 4 is 11.9 Å². The summed E-state index contributed by atoms with van der Waals surface area (Å²) in [5.74, 6) is -0.0217. The number of carbonyl (C=O) groups is 2. The largest absolute Gasteiger partial charge is 0.466 e. The zero-order chi connectivity index (χ0) is 55.7. The van der Waals surface area contributed by atoms with Gasteiger partial charge in [0.15, 0.2) is 0 Å². The number of aliphatic hydroxyl groups is 2. The molecule has 0 heterocycles. The summed E-state index contributed by atoms with van der Waals surface area (Å²) in [5, 5.41) is 23.3. The van der Waals surface area contributed by atoms with E-state index in [9.17, 15) is 19.8 Å². The van der Waals surface area contributed by atoms with E-state index in [0.29, 0.717) is 25.9 Å². The Kier molecular flexibility index (Phi) is 64.9. The van der Waals surface area contributed by atoms with E-state index >= 15 is 0 Å². The fourth-order valence-electron chi connectivity index (χ4n) is 10.8. The van der Waals surface area contributed by atoms with Crippen LogP contribution in [0.3, 0.4) is 0 Å². The van der Waals surface area contributed by atoms with Gasteiger partial charge >= 0.3 is 5.97 Å². The predicted octanol–water partition coefficient (Wildman–Crippen LogP) is 22.3. The first-order valence-electron chi connectivity index (χ1n) is 34.7. The third-order valence-electron chi connectivity index (χ3n) is 16.2. The number of allylic oxidation sites excluding steroid dienone is 6. The topological polar surface area (TPSA) is 95.9 Å². The highest BCUT2D eigenvalue weighted by Crippen LogP contribution is 2.18. The van der Waals surface area contributed by atoms with Crippen LogP contribution >= 0.6 is 0 Å². The Morgan fingerprint density at radius 1 is 0.364 bits per heavy atom. The van der Waals surface area contributed by atoms with E-state index in [-0.39, 0.29) is 18.5 Å². The van der Waals surface area contributed by atoms with Crippen LogP contribution in [0.25, 0.3) is 0 Å². The summed E-state index contributed by atoms with van der Waals surface area (Å²) < 4.78 is 5.50. The fourth-order valence-corrected chi connectivity index (χ4v) is 10.8. The van der Waals surface area contributed by atoms with Gasteiger partial charge in [-0.25, -0.2) is 0 Å². The van der Waals surface area contributed by atoms with Gasteiger partial charge in [-0.1, -0.05) is 320 Å². The highest BCUT2D eigenvalue weighted by atomic mass is 16.5. The maximum Gasteiger partial charge on any atom is 0.305 e. The lowest BCUT2D eigenvalue weighted by Gasteiger charge is -2.22. The van der Waals surface area contributed by atoms with Crippen LogP contribution in [-0.4, -0.2) is 47.4 Å². The van der Waals surface area contributed by atoms with Gasteiger partial charge in [0.2, 0.25) is 5.91 Å². The number of amides is 1. The second kappa shape index (κ2) is 66.6. The number of rotatable bonds is 65. The molecule has 0 bridgehead atoms. The lowest BCUT2D eigenvalue weighted by Crippen LogP contribution is -2.45. The molecule has 2 atom stereocenters. The maximum absolute atomic E-state index is 12.5. The van der Waals surface area contributed by atoms with Gasteiger partial charge in [0.1, 0.15) is 0 Å². The minimum absolute atomic E-state index is 0.0102. The van der Waals surface area contributed by atoms with Crippen molar-refractivity contribution in [3.63, 3.8) is 0 Å². The van der Waals surface area contributed by atoms with Crippen molar-refractivity contribution in [2.24, 2.45) is 0 Å². The predicted molar refractivity (Wildman–Crippen MR) is 338 cm³/mol. The summed E-state index contributed by atoms with van der Waals surface area (Å²) in [6.07, 6.45) is 84.8. The van der Waals surface area contributed by atoms with E-state index in [1.165, 1.54) is 295 Å². The van der Waals surface area contributed by atoms with Crippen molar-refractivity contribution in [2.75, 3.05) is 13.2 Å². The van der Waals surface area contributed by atoms with Crippen LogP contribution in [-0.2, 0) is 14.3 Å². The molecule has 0 radical (unpaired) electrons. The molecule has 0 aliphatic heterocycles. The third-order valence-corrected chi connectivity index (χ3v) is 16.2. The molecule has 0 fully saturated rings. The van der Waals surface area contributed by atoms with Gasteiger partial charge in [-0.15, -0.1) is 0 Å². The van der Waals surface area contributed by atoms with Crippen molar-refractivity contribution in [2.45, 2.75) is 392 Å². The van der Waals surface area contributed by atoms with Crippen LogP contribution in [0.5, 0.6) is 0 Å². The van der Waals surface area contributed by atoms with Crippen LogP contribution in [0.1, 0.15) is 380 Å². The highest BCUT2D eigenvalue weighted by molar-refractivity contribution is 5.76.